The highest BCUT2D eigenvalue weighted by molar-refractivity contribution is 5.43. The van der Waals surface area contributed by atoms with Crippen LogP contribution in [-0.2, 0) is 11.2 Å². The molecule has 1 unspecified atom stereocenters. The topological polar surface area (TPSA) is 38.7 Å². The van der Waals surface area contributed by atoms with Gasteiger partial charge in [0, 0.05) is 12.7 Å². The van der Waals surface area contributed by atoms with Crippen molar-refractivity contribution in [1.29, 1.82) is 0 Å². The second kappa shape index (κ2) is 4.64. The lowest BCUT2D eigenvalue weighted by molar-refractivity contribution is 0.0618. The lowest BCUT2D eigenvalue weighted by Crippen LogP contribution is -2.14. The first-order valence-corrected chi connectivity index (χ1v) is 5.24. The molecule has 1 aliphatic rings. The van der Waals surface area contributed by atoms with E-state index in [0.717, 1.165) is 30.8 Å². The van der Waals surface area contributed by atoms with E-state index in [2.05, 4.69) is 6.07 Å². The Morgan fingerprint density at radius 1 is 1.53 bits per heavy atom. The number of benzene rings is 1. The van der Waals surface area contributed by atoms with Gasteiger partial charge in [-0.05, 0) is 18.4 Å². The van der Waals surface area contributed by atoms with Crippen LogP contribution < -0.4 is 4.74 Å². The van der Waals surface area contributed by atoms with Gasteiger partial charge in [0.2, 0.25) is 0 Å². The lowest BCUT2D eigenvalue weighted by Gasteiger charge is -2.22. The van der Waals surface area contributed by atoms with E-state index in [1.807, 2.05) is 12.1 Å². The van der Waals surface area contributed by atoms with Gasteiger partial charge in [-0.1, -0.05) is 18.2 Å². The molecule has 0 radical (unpaired) electrons. The van der Waals surface area contributed by atoms with Crippen molar-refractivity contribution in [2.24, 2.45) is 0 Å². The number of para-hydroxylation sites is 1. The number of ether oxygens (including phenoxy) is 2. The highest BCUT2D eigenvalue weighted by Gasteiger charge is 2.18. The molecule has 0 saturated heterocycles. The number of fused-ring (bicyclic) bond motifs is 1. The Hall–Kier alpha value is -1.06. The number of rotatable bonds is 3. The van der Waals surface area contributed by atoms with E-state index in [4.69, 9.17) is 9.47 Å². The molecule has 1 heterocycles. The molecule has 1 N–H and O–H groups in total. The third-order valence-corrected chi connectivity index (χ3v) is 2.65. The number of aryl methyl sites for hydroxylation is 1. The summed E-state index contributed by atoms with van der Waals surface area (Å²) >= 11 is 0. The van der Waals surface area contributed by atoms with Gasteiger partial charge in [0.15, 0.2) is 0 Å². The van der Waals surface area contributed by atoms with Crippen molar-refractivity contribution < 1.29 is 14.6 Å². The van der Waals surface area contributed by atoms with Crippen LogP contribution >= 0.6 is 0 Å². The molecule has 3 nitrogen and oxygen atoms in total. The van der Waals surface area contributed by atoms with E-state index >= 15 is 0 Å². The largest absolute Gasteiger partial charge is 0.493 e. The predicted molar refractivity (Wildman–Crippen MR) is 57.1 cm³/mol. The van der Waals surface area contributed by atoms with Gasteiger partial charge in [0.25, 0.3) is 0 Å². The minimum atomic E-state index is -0.594. The van der Waals surface area contributed by atoms with Gasteiger partial charge < -0.3 is 14.6 Å². The van der Waals surface area contributed by atoms with Crippen molar-refractivity contribution in [2.75, 3.05) is 20.3 Å². The monoisotopic (exact) mass is 208 g/mol. The fraction of sp³-hybridized carbons (Fsp3) is 0.500. The maximum Gasteiger partial charge on any atom is 0.128 e. The van der Waals surface area contributed by atoms with Crippen LogP contribution in [0, 0.1) is 0 Å². The maximum absolute atomic E-state index is 9.87. The first-order chi connectivity index (χ1) is 7.33. The summed E-state index contributed by atoms with van der Waals surface area (Å²) < 4.78 is 10.5. The molecule has 1 atom stereocenters. The Balaban J connectivity index is 2.30. The van der Waals surface area contributed by atoms with Gasteiger partial charge in [-0.25, -0.2) is 0 Å². The van der Waals surface area contributed by atoms with Crippen LogP contribution in [0.15, 0.2) is 18.2 Å². The summed E-state index contributed by atoms with van der Waals surface area (Å²) in [5, 5.41) is 9.87. The SMILES string of the molecule is COCC(O)c1cccc2c1OCCC2. The van der Waals surface area contributed by atoms with Crippen LogP contribution in [0.1, 0.15) is 23.7 Å². The molecule has 1 aliphatic heterocycles. The third kappa shape index (κ3) is 2.13. The van der Waals surface area contributed by atoms with E-state index < -0.39 is 6.10 Å². The molecule has 0 spiro atoms. The molecule has 0 aromatic heterocycles. The predicted octanol–water partition coefficient (Wildman–Crippen LogP) is 1.69. The van der Waals surface area contributed by atoms with Gasteiger partial charge in [-0.3, -0.25) is 0 Å². The Kier molecular flexibility index (Phi) is 3.23. The molecule has 1 aromatic carbocycles. The minimum absolute atomic E-state index is 0.305. The molecule has 82 valence electrons. The van der Waals surface area contributed by atoms with E-state index in [1.165, 1.54) is 5.56 Å². The van der Waals surface area contributed by atoms with Gasteiger partial charge in [0.05, 0.1) is 13.2 Å². The molecule has 2 rings (SSSR count). The van der Waals surface area contributed by atoms with Gasteiger partial charge >= 0.3 is 0 Å². The number of aliphatic hydroxyl groups excluding tert-OH is 1. The first-order valence-electron chi connectivity index (χ1n) is 5.24. The molecule has 0 bridgehead atoms. The second-order valence-electron chi connectivity index (χ2n) is 3.76. The van der Waals surface area contributed by atoms with Crippen molar-refractivity contribution in [2.45, 2.75) is 18.9 Å². The molecule has 1 aromatic rings. The number of methoxy groups -OCH3 is 1. The van der Waals surface area contributed by atoms with Gasteiger partial charge in [0.1, 0.15) is 11.9 Å². The van der Waals surface area contributed by atoms with Crippen molar-refractivity contribution in [3.8, 4) is 5.75 Å². The molecule has 0 saturated carbocycles. The molecule has 3 heteroatoms. The molecule has 0 aliphatic carbocycles. The summed E-state index contributed by atoms with van der Waals surface area (Å²) in [7, 11) is 1.58. The van der Waals surface area contributed by atoms with Crippen LogP contribution in [-0.4, -0.2) is 25.4 Å². The van der Waals surface area contributed by atoms with Crippen molar-refractivity contribution in [3.05, 3.63) is 29.3 Å². The number of hydrogen-bond acceptors (Lipinski definition) is 3. The van der Waals surface area contributed by atoms with Crippen LogP contribution in [0.3, 0.4) is 0 Å². The average molecular weight is 208 g/mol. The zero-order valence-corrected chi connectivity index (χ0v) is 8.90. The van der Waals surface area contributed by atoms with Crippen molar-refractivity contribution in [1.82, 2.24) is 0 Å². The highest BCUT2D eigenvalue weighted by atomic mass is 16.5. The highest BCUT2D eigenvalue weighted by Crippen LogP contribution is 2.32. The van der Waals surface area contributed by atoms with Crippen LogP contribution in [0.25, 0.3) is 0 Å². The van der Waals surface area contributed by atoms with E-state index in [1.54, 1.807) is 7.11 Å². The zero-order valence-electron chi connectivity index (χ0n) is 8.90. The fourth-order valence-electron chi connectivity index (χ4n) is 1.92. The first kappa shape index (κ1) is 10.5. The standard InChI is InChI=1S/C12H16O3/c1-14-8-11(13)10-6-2-4-9-5-3-7-15-12(9)10/h2,4,6,11,13H,3,5,7-8H2,1H3. The molecule has 0 fully saturated rings. The second-order valence-corrected chi connectivity index (χ2v) is 3.76. The fourth-order valence-corrected chi connectivity index (χ4v) is 1.92. The molecular formula is C12H16O3. The van der Waals surface area contributed by atoms with Crippen molar-refractivity contribution >= 4 is 0 Å². The summed E-state index contributed by atoms with van der Waals surface area (Å²) in [6.07, 6.45) is 1.49. The summed E-state index contributed by atoms with van der Waals surface area (Å²) in [6, 6.07) is 5.91. The van der Waals surface area contributed by atoms with Crippen LogP contribution in [0.2, 0.25) is 0 Å². The summed E-state index contributed by atoms with van der Waals surface area (Å²) in [6.45, 7) is 1.05. The van der Waals surface area contributed by atoms with Crippen molar-refractivity contribution in [3.63, 3.8) is 0 Å². The van der Waals surface area contributed by atoms with Gasteiger partial charge in [-0.15, -0.1) is 0 Å². The Labute approximate surface area is 89.6 Å². The lowest BCUT2D eigenvalue weighted by atomic mass is 9.99. The maximum atomic E-state index is 9.87. The quantitative estimate of drug-likeness (QED) is 0.821. The smallest absolute Gasteiger partial charge is 0.128 e. The third-order valence-electron chi connectivity index (χ3n) is 2.65. The Morgan fingerprint density at radius 3 is 3.20 bits per heavy atom. The summed E-state index contributed by atoms with van der Waals surface area (Å²) in [4.78, 5) is 0. The van der Waals surface area contributed by atoms with E-state index in [9.17, 15) is 5.11 Å². The van der Waals surface area contributed by atoms with Crippen LogP contribution in [0.4, 0.5) is 0 Å². The molecule has 15 heavy (non-hydrogen) atoms. The molecule has 0 amide bonds. The minimum Gasteiger partial charge on any atom is -0.493 e. The zero-order chi connectivity index (χ0) is 10.7. The Bertz CT molecular complexity index is 336. The van der Waals surface area contributed by atoms with E-state index in [-0.39, 0.29) is 0 Å². The number of aliphatic hydroxyl groups is 1. The summed E-state index contributed by atoms with van der Waals surface area (Å²) in [5.74, 6) is 0.855. The molecular weight excluding hydrogens is 192 g/mol. The van der Waals surface area contributed by atoms with E-state index in [0.29, 0.717) is 6.61 Å². The van der Waals surface area contributed by atoms with Crippen LogP contribution in [0.5, 0.6) is 5.75 Å². The normalized spacial score (nSPS) is 16.7. The summed E-state index contributed by atoms with van der Waals surface area (Å²) in [5.41, 5.74) is 2.03. The van der Waals surface area contributed by atoms with Gasteiger partial charge in [-0.2, -0.15) is 0 Å². The average Bonchev–Trinajstić information content (AvgIpc) is 2.28. The Morgan fingerprint density at radius 2 is 2.40 bits per heavy atom. The number of hydrogen-bond donors (Lipinski definition) is 1.